The highest BCUT2D eigenvalue weighted by molar-refractivity contribution is 5.93. The first kappa shape index (κ1) is 11.2. The second kappa shape index (κ2) is 4.28. The zero-order valence-corrected chi connectivity index (χ0v) is 8.93. The normalized spacial score (nSPS) is 37.5. The summed E-state index contributed by atoms with van der Waals surface area (Å²) in [5, 5.41) is 0. The molecule has 2 aliphatic carbocycles. The lowest BCUT2D eigenvalue weighted by Gasteiger charge is -2.15. The summed E-state index contributed by atoms with van der Waals surface area (Å²) in [5.41, 5.74) is 0. The summed E-state index contributed by atoms with van der Waals surface area (Å²) in [7, 11) is 0. The van der Waals surface area contributed by atoms with E-state index in [2.05, 4.69) is 0 Å². The van der Waals surface area contributed by atoms with Gasteiger partial charge in [0.05, 0.1) is 0 Å². The highest BCUT2D eigenvalue weighted by atomic mass is 16.1. The van der Waals surface area contributed by atoms with Crippen molar-refractivity contribution >= 4 is 24.1 Å². The van der Waals surface area contributed by atoms with Gasteiger partial charge in [-0.05, 0) is 11.8 Å². The van der Waals surface area contributed by atoms with E-state index in [1.165, 1.54) is 0 Å². The topological polar surface area (TPSA) is 68.3 Å². The first-order chi connectivity index (χ1) is 7.69. The highest BCUT2D eigenvalue weighted by Gasteiger charge is 2.52. The van der Waals surface area contributed by atoms with Gasteiger partial charge in [-0.25, -0.2) is 0 Å². The fourth-order valence-corrected chi connectivity index (χ4v) is 3.25. The number of Topliss-reactive ketones (excluding diaryl/α,β-unsaturated/α-hetero) is 2. The Hall–Kier alpha value is -1.32. The number of fused-ring (bicyclic) bond motifs is 1. The Labute approximate surface area is 93.4 Å². The van der Waals surface area contributed by atoms with Gasteiger partial charge >= 0.3 is 0 Å². The van der Waals surface area contributed by atoms with Crippen LogP contribution >= 0.6 is 0 Å². The monoisotopic (exact) mass is 222 g/mol. The van der Waals surface area contributed by atoms with Crippen molar-refractivity contribution < 1.29 is 19.2 Å². The standard InChI is InChI=1S/C12H14O4/c13-3-1-7-9-5-12(16)8(2-4-14)10(9)6-11(7)15/h3-4,7-10H,1-2,5-6H2/t7?,8?,9-,10-/m1/s1. The van der Waals surface area contributed by atoms with Gasteiger partial charge in [0.25, 0.3) is 0 Å². The van der Waals surface area contributed by atoms with Crippen LogP contribution in [0.2, 0.25) is 0 Å². The molecule has 0 amide bonds. The van der Waals surface area contributed by atoms with E-state index < -0.39 is 0 Å². The van der Waals surface area contributed by atoms with Crippen LogP contribution < -0.4 is 0 Å². The molecular formula is C12H14O4. The number of hydrogen-bond acceptors (Lipinski definition) is 4. The highest BCUT2D eigenvalue weighted by Crippen LogP contribution is 2.49. The lowest BCUT2D eigenvalue weighted by molar-refractivity contribution is -0.126. The number of rotatable bonds is 4. The first-order valence-corrected chi connectivity index (χ1v) is 5.61. The Bertz CT molecular complexity index is 313. The predicted molar refractivity (Wildman–Crippen MR) is 54.6 cm³/mol. The molecule has 0 aliphatic heterocycles. The molecular weight excluding hydrogens is 208 g/mol. The fraction of sp³-hybridized carbons (Fsp3) is 0.667. The minimum absolute atomic E-state index is 0.00940. The second-order valence-electron chi connectivity index (χ2n) is 4.69. The second-order valence-corrected chi connectivity index (χ2v) is 4.69. The number of hydrogen-bond donors (Lipinski definition) is 0. The van der Waals surface area contributed by atoms with E-state index in [-0.39, 0.29) is 48.1 Å². The molecule has 0 aromatic heterocycles. The van der Waals surface area contributed by atoms with Crippen LogP contribution in [0.3, 0.4) is 0 Å². The lowest BCUT2D eigenvalue weighted by Crippen LogP contribution is -2.16. The molecule has 0 saturated heterocycles. The van der Waals surface area contributed by atoms with E-state index in [1.54, 1.807) is 0 Å². The minimum Gasteiger partial charge on any atom is -0.303 e. The largest absolute Gasteiger partial charge is 0.303 e. The van der Waals surface area contributed by atoms with Gasteiger partial charge in [0, 0.05) is 37.5 Å². The third kappa shape index (κ3) is 1.62. The minimum atomic E-state index is -0.275. The van der Waals surface area contributed by atoms with Crippen molar-refractivity contribution in [2.75, 3.05) is 0 Å². The molecule has 4 nitrogen and oxygen atoms in total. The molecule has 86 valence electrons. The Morgan fingerprint density at radius 2 is 1.25 bits per heavy atom. The average molecular weight is 222 g/mol. The van der Waals surface area contributed by atoms with Gasteiger partial charge in [0.15, 0.2) is 0 Å². The third-order valence-corrected chi connectivity index (χ3v) is 3.98. The van der Waals surface area contributed by atoms with Crippen LogP contribution in [0.15, 0.2) is 0 Å². The number of ketones is 2. The maximum absolute atomic E-state index is 11.7. The molecule has 2 unspecified atom stereocenters. The SMILES string of the molecule is O=CCC1C(=O)C[C@@H]2C(CC=O)C(=O)C[C@H]12. The molecule has 2 fully saturated rings. The number of aldehydes is 2. The van der Waals surface area contributed by atoms with Crippen LogP contribution in [0, 0.1) is 23.7 Å². The Kier molecular flexibility index (Phi) is 2.99. The fourth-order valence-electron chi connectivity index (χ4n) is 3.25. The van der Waals surface area contributed by atoms with Crippen LogP contribution in [0.5, 0.6) is 0 Å². The summed E-state index contributed by atoms with van der Waals surface area (Å²) in [6, 6.07) is 0. The lowest BCUT2D eigenvalue weighted by atomic mass is 9.87. The van der Waals surface area contributed by atoms with E-state index in [9.17, 15) is 19.2 Å². The van der Waals surface area contributed by atoms with Gasteiger partial charge < -0.3 is 9.59 Å². The van der Waals surface area contributed by atoms with Crippen LogP contribution in [-0.2, 0) is 19.2 Å². The smallest absolute Gasteiger partial charge is 0.137 e. The van der Waals surface area contributed by atoms with Crippen LogP contribution in [0.1, 0.15) is 25.7 Å². The van der Waals surface area contributed by atoms with E-state index in [1.807, 2.05) is 0 Å². The molecule has 0 aromatic rings. The summed E-state index contributed by atoms with van der Waals surface area (Å²) in [4.78, 5) is 44.3. The zero-order chi connectivity index (χ0) is 11.7. The van der Waals surface area contributed by atoms with Gasteiger partial charge in [-0.2, -0.15) is 0 Å². The maximum Gasteiger partial charge on any atom is 0.137 e. The molecule has 2 aliphatic rings. The summed E-state index contributed by atoms with van der Waals surface area (Å²) in [5.74, 6) is -0.354. The van der Waals surface area contributed by atoms with E-state index in [0.717, 1.165) is 12.6 Å². The van der Waals surface area contributed by atoms with Gasteiger partial charge in [-0.15, -0.1) is 0 Å². The molecule has 0 N–H and O–H groups in total. The van der Waals surface area contributed by atoms with Gasteiger partial charge in [0.1, 0.15) is 24.1 Å². The average Bonchev–Trinajstić information content (AvgIpc) is 2.69. The third-order valence-electron chi connectivity index (χ3n) is 3.98. The molecule has 2 saturated carbocycles. The Morgan fingerprint density at radius 1 is 0.875 bits per heavy atom. The number of carbonyl (C=O) groups excluding carboxylic acids is 4. The zero-order valence-electron chi connectivity index (χ0n) is 8.93. The summed E-state index contributed by atoms with van der Waals surface area (Å²) in [6.45, 7) is 0. The summed E-state index contributed by atoms with van der Waals surface area (Å²) < 4.78 is 0. The molecule has 4 atom stereocenters. The van der Waals surface area contributed by atoms with Crippen LogP contribution in [0.4, 0.5) is 0 Å². The maximum atomic E-state index is 11.7. The van der Waals surface area contributed by atoms with Gasteiger partial charge in [-0.1, -0.05) is 0 Å². The van der Waals surface area contributed by atoms with Gasteiger partial charge in [-0.3, -0.25) is 9.59 Å². The summed E-state index contributed by atoms with van der Waals surface area (Å²) >= 11 is 0. The van der Waals surface area contributed by atoms with Crippen LogP contribution in [0.25, 0.3) is 0 Å². The Balaban J connectivity index is 2.17. The van der Waals surface area contributed by atoms with Crippen molar-refractivity contribution in [2.45, 2.75) is 25.7 Å². The van der Waals surface area contributed by atoms with Gasteiger partial charge in [0.2, 0.25) is 0 Å². The Morgan fingerprint density at radius 3 is 1.56 bits per heavy atom. The van der Waals surface area contributed by atoms with Crippen molar-refractivity contribution in [3.8, 4) is 0 Å². The molecule has 0 heterocycles. The van der Waals surface area contributed by atoms with E-state index in [4.69, 9.17) is 0 Å². The predicted octanol–water partition coefficient (Wildman–Crippen LogP) is 0.575. The molecule has 0 radical (unpaired) electrons. The van der Waals surface area contributed by atoms with Crippen molar-refractivity contribution in [2.24, 2.45) is 23.7 Å². The molecule has 0 bridgehead atoms. The van der Waals surface area contributed by atoms with Crippen molar-refractivity contribution in [1.82, 2.24) is 0 Å². The van der Waals surface area contributed by atoms with Crippen molar-refractivity contribution in [3.63, 3.8) is 0 Å². The molecule has 0 spiro atoms. The molecule has 16 heavy (non-hydrogen) atoms. The van der Waals surface area contributed by atoms with Crippen LogP contribution in [-0.4, -0.2) is 24.1 Å². The quantitative estimate of drug-likeness (QED) is 0.652. The molecule has 4 heteroatoms. The molecule has 2 rings (SSSR count). The first-order valence-electron chi connectivity index (χ1n) is 5.61. The number of carbonyl (C=O) groups is 4. The summed E-state index contributed by atoms with van der Waals surface area (Å²) in [6.07, 6.45) is 2.69. The van der Waals surface area contributed by atoms with E-state index in [0.29, 0.717) is 12.8 Å². The van der Waals surface area contributed by atoms with Crippen molar-refractivity contribution in [3.05, 3.63) is 0 Å². The van der Waals surface area contributed by atoms with E-state index >= 15 is 0 Å². The van der Waals surface area contributed by atoms with Crippen molar-refractivity contribution in [1.29, 1.82) is 0 Å². The molecule has 0 aromatic carbocycles.